The van der Waals surface area contributed by atoms with E-state index >= 15 is 0 Å². The van der Waals surface area contributed by atoms with E-state index in [4.69, 9.17) is 9.47 Å². The number of methoxy groups -OCH3 is 2. The number of ether oxygens (including phenoxy) is 3. The molecule has 2 rings (SSSR count). The molecule has 0 aromatic heterocycles. The van der Waals surface area contributed by atoms with Gasteiger partial charge in [-0.2, -0.15) is 5.26 Å². The lowest BCUT2D eigenvalue weighted by Crippen LogP contribution is -2.27. The number of rotatable bonds is 8. The molecule has 156 valence electrons. The van der Waals surface area contributed by atoms with Crippen molar-refractivity contribution in [2.45, 2.75) is 13.0 Å². The highest BCUT2D eigenvalue weighted by Crippen LogP contribution is 2.34. The summed E-state index contributed by atoms with van der Waals surface area (Å²) in [5.41, 5.74) is 1.48. The van der Waals surface area contributed by atoms with Crippen molar-refractivity contribution in [1.82, 2.24) is 5.32 Å². The molecule has 7 nitrogen and oxygen atoms in total. The Kier molecular flexibility index (Phi) is 8.68. The molecule has 1 amide bonds. The molecule has 0 fully saturated rings. The fourth-order valence-electron chi connectivity index (χ4n) is 2.57. The van der Waals surface area contributed by atoms with Crippen LogP contribution in [-0.2, 0) is 14.3 Å². The SMILES string of the molecule is COC(=O)COc1c(I)cc(/C=C(/C#N)C(=O)N[C@@H](C)c2ccccc2)cc1OC. The first kappa shape index (κ1) is 23.2. The summed E-state index contributed by atoms with van der Waals surface area (Å²) >= 11 is 2.03. The predicted octanol–water partition coefficient (Wildman–Crippen LogP) is 3.64. The fourth-order valence-corrected chi connectivity index (χ4v) is 3.35. The van der Waals surface area contributed by atoms with Crippen LogP contribution in [0.5, 0.6) is 11.5 Å². The number of carbonyl (C=O) groups is 2. The monoisotopic (exact) mass is 520 g/mol. The van der Waals surface area contributed by atoms with Gasteiger partial charge in [0.25, 0.3) is 5.91 Å². The largest absolute Gasteiger partial charge is 0.493 e. The number of nitriles is 1. The van der Waals surface area contributed by atoms with Gasteiger partial charge in [0, 0.05) is 0 Å². The van der Waals surface area contributed by atoms with Gasteiger partial charge >= 0.3 is 5.97 Å². The Morgan fingerprint density at radius 1 is 1.23 bits per heavy atom. The lowest BCUT2D eigenvalue weighted by molar-refractivity contribution is -0.143. The Balaban J connectivity index is 2.24. The van der Waals surface area contributed by atoms with Gasteiger partial charge < -0.3 is 19.5 Å². The van der Waals surface area contributed by atoms with Crippen molar-refractivity contribution in [1.29, 1.82) is 5.26 Å². The number of hydrogen-bond acceptors (Lipinski definition) is 6. The van der Waals surface area contributed by atoms with Crippen LogP contribution in [0.1, 0.15) is 24.1 Å². The van der Waals surface area contributed by atoms with E-state index in [2.05, 4.69) is 10.1 Å². The number of esters is 1. The van der Waals surface area contributed by atoms with Crippen LogP contribution < -0.4 is 14.8 Å². The molecule has 0 aliphatic carbocycles. The number of benzene rings is 2. The summed E-state index contributed by atoms with van der Waals surface area (Å²) in [5.74, 6) is -0.254. The quantitative estimate of drug-likeness (QED) is 0.247. The predicted molar refractivity (Wildman–Crippen MR) is 120 cm³/mol. The molecule has 30 heavy (non-hydrogen) atoms. The summed E-state index contributed by atoms with van der Waals surface area (Å²) in [6.07, 6.45) is 1.47. The Morgan fingerprint density at radius 2 is 1.93 bits per heavy atom. The van der Waals surface area contributed by atoms with Crippen LogP contribution in [0.2, 0.25) is 0 Å². The molecule has 1 atom stereocenters. The molecule has 0 saturated heterocycles. The van der Waals surface area contributed by atoms with Gasteiger partial charge in [-0.15, -0.1) is 0 Å². The van der Waals surface area contributed by atoms with Crippen molar-refractivity contribution < 1.29 is 23.8 Å². The number of nitrogens with zero attached hydrogens (tertiary/aromatic N) is 1. The Labute approximate surface area is 188 Å². The van der Waals surface area contributed by atoms with Crippen LogP contribution in [0.15, 0.2) is 48.0 Å². The molecule has 1 N–H and O–H groups in total. The van der Waals surface area contributed by atoms with Crippen molar-refractivity contribution in [3.05, 3.63) is 62.7 Å². The van der Waals surface area contributed by atoms with Gasteiger partial charge in [0.15, 0.2) is 18.1 Å². The van der Waals surface area contributed by atoms with Crippen LogP contribution in [0, 0.1) is 14.9 Å². The van der Waals surface area contributed by atoms with E-state index in [0.717, 1.165) is 5.56 Å². The van der Waals surface area contributed by atoms with Gasteiger partial charge in [-0.25, -0.2) is 4.79 Å². The molecule has 0 saturated carbocycles. The van der Waals surface area contributed by atoms with Gasteiger partial charge in [-0.1, -0.05) is 30.3 Å². The maximum atomic E-state index is 12.6. The summed E-state index contributed by atoms with van der Waals surface area (Å²) in [7, 11) is 2.73. The molecule has 0 unspecified atom stereocenters. The van der Waals surface area contributed by atoms with Gasteiger partial charge in [-0.3, -0.25) is 4.79 Å². The molecule has 8 heteroatoms. The topological polar surface area (TPSA) is 97.7 Å². The molecular weight excluding hydrogens is 499 g/mol. The zero-order valence-corrected chi connectivity index (χ0v) is 18.9. The number of amides is 1. The average molecular weight is 520 g/mol. The second-order valence-electron chi connectivity index (χ2n) is 6.17. The standard InChI is InChI=1S/C22H21IN2O5/c1-14(16-7-5-4-6-8-16)25-22(27)17(12-24)9-15-10-18(23)21(19(11-15)28-2)30-13-20(26)29-3/h4-11,14H,13H2,1-3H3,(H,25,27)/b17-9-/t14-/m0/s1. The molecule has 0 bridgehead atoms. The highest BCUT2D eigenvalue weighted by atomic mass is 127. The minimum Gasteiger partial charge on any atom is -0.493 e. The maximum absolute atomic E-state index is 12.6. The summed E-state index contributed by atoms with van der Waals surface area (Å²) < 4.78 is 16.0. The normalized spacial score (nSPS) is 11.8. The summed E-state index contributed by atoms with van der Waals surface area (Å²) in [4.78, 5) is 23.9. The van der Waals surface area contributed by atoms with E-state index < -0.39 is 11.9 Å². The van der Waals surface area contributed by atoms with Crippen LogP contribution in [-0.4, -0.2) is 32.7 Å². The molecule has 2 aromatic rings. The molecular formula is C22H21IN2O5. The number of nitrogens with one attached hydrogen (secondary N) is 1. The highest BCUT2D eigenvalue weighted by Gasteiger charge is 2.16. The first-order chi connectivity index (χ1) is 14.4. The van der Waals surface area contributed by atoms with E-state index in [-0.39, 0.29) is 18.2 Å². The number of halogens is 1. The van der Waals surface area contributed by atoms with Crippen molar-refractivity contribution >= 4 is 40.5 Å². The molecule has 0 aliphatic heterocycles. The number of hydrogen-bond donors (Lipinski definition) is 1. The van der Waals surface area contributed by atoms with Crippen LogP contribution in [0.25, 0.3) is 6.08 Å². The van der Waals surface area contributed by atoms with Crippen molar-refractivity contribution in [3.63, 3.8) is 0 Å². The van der Waals surface area contributed by atoms with Crippen molar-refractivity contribution in [2.75, 3.05) is 20.8 Å². The van der Waals surface area contributed by atoms with Crippen LogP contribution >= 0.6 is 22.6 Å². The van der Waals surface area contributed by atoms with Crippen LogP contribution in [0.3, 0.4) is 0 Å². The second kappa shape index (κ2) is 11.2. The Hall–Kier alpha value is -3.06. The van der Waals surface area contributed by atoms with E-state index in [1.165, 1.54) is 20.3 Å². The van der Waals surface area contributed by atoms with E-state index in [1.54, 1.807) is 12.1 Å². The Morgan fingerprint density at radius 3 is 2.53 bits per heavy atom. The van der Waals surface area contributed by atoms with Gasteiger partial charge in [0.1, 0.15) is 11.6 Å². The molecule has 0 radical (unpaired) electrons. The number of carbonyl (C=O) groups excluding carboxylic acids is 2. The lowest BCUT2D eigenvalue weighted by atomic mass is 10.1. The summed E-state index contributed by atoms with van der Waals surface area (Å²) in [6.45, 7) is 1.59. The summed E-state index contributed by atoms with van der Waals surface area (Å²) in [5, 5.41) is 12.3. The van der Waals surface area contributed by atoms with E-state index in [9.17, 15) is 14.9 Å². The van der Waals surface area contributed by atoms with Crippen LogP contribution in [0.4, 0.5) is 0 Å². The van der Waals surface area contributed by atoms with E-state index in [1.807, 2.05) is 65.9 Å². The average Bonchev–Trinajstić information content (AvgIpc) is 2.76. The zero-order chi connectivity index (χ0) is 22.1. The van der Waals surface area contributed by atoms with Crippen molar-refractivity contribution in [2.24, 2.45) is 0 Å². The first-order valence-electron chi connectivity index (χ1n) is 8.94. The third-order valence-electron chi connectivity index (χ3n) is 4.14. The van der Waals surface area contributed by atoms with Gasteiger partial charge in [-0.05, 0) is 58.9 Å². The first-order valence-corrected chi connectivity index (χ1v) is 10.0. The maximum Gasteiger partial charge on any atom is 0.343 e. The minimum atomic E-state index is -0.521. The lowest BCUT2D eigenvalue weighted by Gasteiger charge is -2.14. The summed E-state index contributed by atoms with van der Waals surface area (Å²) in [6, 6.07) is 14.5. The smallest absolute Gasteiger partial charge is 0.343 e. The Bertz CT molecular complexity index is 983. The highest BCUT2D eigenvalue weighted by molar-refractivity contribution is 14.1. The molecule has 0 aliphatic rings. The fraction of sp³-hybridized carbons (Fsp3) is 0.227. The molecule has 0 spiro atoms. The molecule has 2 aromatic carbocycles. The minimum absolute atomic E-state index is 0.0427. The third kappa shape index (κ3) is 6.22. The van der Waals surface area contributed by atoms with Gasteiger partial charge in [0.2, 0.25) is 0 Å². The second-order valence-corrected chi connectivity index (χ2v) is 7.34. The zero-order valence-electron chi connectivity index (χ0n) is 16.8. The van der Waals surface area contributed by atoms with Crippen molar-refractivity contribution in [3.8, 4) is 17.6 Å². The van der Waals surface area contributed by atoms with E-state index in [0.29, 0.717) is 20.6 Å². The van der Waals surface area contributed by atoms with Gasteiger partial charge in [0.05, 0.1) is 23.8 Å². The third-order valence-corrected chi connectivity index (χ3v) is 4.94. The molecule has 0 heterocycles.